The summed E-state index contributed by atoms with van der Waals surface area (Å²) < 4.78 is 21.9. The maximum Gasteiger partial charge on any atom is 0.380 e. The average molecular weight is 278 g/mol. The van der Waals surface area contributed by atoms with Crippen molar-refractivity contribution in [1.82, 2.24) is 0 Å². The Bertz CT molecular complexity index is 508. The second-order valence-electron chi connectivity index (χ2n) is 4.10. The van der Waals surface area contributed by atoms with Gasteiger partial charge in [-0.05, 0) is 13.8 Å². The van der Waals surface area contributed by atoms with Gasteiger partial charge in [0.25, 0.3) is 5.76 Å². The van der Waals surface area contributed by atoms with Crippen molar-refractivity contribution in [3.63, 3.8) is 0 Å². The molecule has 5 nitrogen and oxygen atoms in total. The van der Waals surface area contributed by atoms with E-state index >= 15 is 0 Å². The van der Waals surface area contributed by atoms with Gasteiger partial charge in [-0.2, -0.15) is 0 Å². The molecule has 0 saturated heterocycles. The van der Waals surface area contributed by atoms with Crippen LogP contribution in [0, 0.1) is 0 Å². The number of methoxy groups -OCH3 is 1. The summed E-state index contributed by atoms with van der Waals surface area (Å²) in [7, 11) is 1.47. The number of rotatable bonds is 6. The van der Waals surface area contributed by atoms with Crippen LogP contribution in [0.25, 0.3) is 0 Å². The number of esters is 1. The number of cyclic esters (lactones) is 1. The molecule has 1 aromatic rings. The van der Waals surface area contributed by atoms with Crippen molar-refractivity contribution in [1.29, 1.82) is 0 Å². The molecule has 0 spiro atoms. The highest BCUT2D eigenvalue weighted by Crippen LogP contribution is 2.42. The van der Waals surface area contributed by atoms with Gasteiger partial charge in [0, 0.05) is 12.7 Å². The van der Waals surface area contributed by atoms with Crippen LogP contribution >= 0.6 is 0 Å². The Kier molecular flexibility index (Phi) is 4.29. The molecular formula is C15H18O5. The molecule has 0 aromatic heterocycles. The van der Waals surface area contributed by atoms with Gasteiger partial charge in [-0.25, -0.2) is 4.79 Å². The Morgan fingerprint density at radius 3 is 2.30 bits per heavy atom. The quantitative estimate of drug-likeness (QED) is 0.747. The first-order valence-electron chi connectivity index (χ1n) is 6.54. The van der Waals surface area contributed by atoms with Crippen LogP contribution in [0.1, 0.15) is 19.4 Å². The van der Waals surface area contributed by atoms with Gasteiger partial charge in [0.05, 0.1) is 13.2 Å². The zero-order valence-electron chi connectivity index (χ0n) is 11.8. The van der Waals surface area contributed by atoms with E-state index in [1.165, 1.54) is 7.11 Å². The molecule has 1 atom stereocenters. The summed E-state index contributed by atoms with van der Waals surface area (Å²) in [5.41, 5.74) is 0.675. The molecule has 20 heavy (non-hydrogen) atoms. The zero-order chi connectivity index (χ0) is 14.6. The number of ether oxygens (including phenoxy) is 4. The molecule has 1 aliphatic heterocycles. The molecule has 0 amide bonds. The Morgan fingerprint density at radius 1 is 1.10 bits per heavy atom. The van der Waals surface area contributed by atoms with E-state index < -0.39 is 11.8 Å². The SMILES string of the molecule is CCOC1=C(OCC)C(OC)(c2ccccc2)OC1=O. The number of benzene rings is 1. The Hall–Kier alpha value is -2.01. The minimum atomic E-state index is -1.38. The van der Waals surface area contributed by atoms with Crippen molar-refractivity contribution in [2.75, 3.05) is 20.3 Å². The summed E-state index contributed by atoms with van der Waals surface area (Å²) in [5.74, 6) is -1.62. The highest BCUT2D eigenvalue weighted by molar-refractivity contribution is 5.90. The van der Waals surface area contributed by atoms with E-state index in [4.69, 9.17) is 18.9 Å². The van der Waals surface area contributed by atoms with Gasteiger partial charge in [0.15, 0.2) is 0 Å². The molecule has 0 N–H and O–H groups in total. The smallest absolute Gasteiger partial charge is 0.380 e. The van der Waals surface area contributed by atoms with Crippen molar-refractivity contribution >= 4 is 5.97 Å². The van der Waals surface area contributed by atoms with Crippen molar-refractivity contribution < 1.29 is 23.7 Å². The molecule has 0 bridgehead atoms. The van der Waals surface area contributed by atoms with Gasteiger partial charge in [-0.1, -0.05) is 30.3 Å². The van der Waals surface area contributed by atoms with Gasteiger partial charge in [0.2, 0.25) is 5.76 Å². The average Bonchev–Trinajstić information content (AvgIpc) is 2.75. The highest BCUT2D eigenvalue weighted by atomic mass is 16.7. The third-order valence-corrected chi connectivity index (χ3v) is 2.95. The van der Waals surface area contributed by atoms with Gasteiger partial charge < -0.3 is 18.9 Å². The van der Waals surface area contributed by atoms with Crippen LogP contribution in [-0.4, -0.2) is 26.3 Å². The molecule has 108 valence electrons. The van der Waals surface area contributed by atoms with E-state index in [1.54, 1.807) is 6.92 Å². The Balaban J connectivity index is 2.55. The summed E-state index contributed by atoms with van der Waals surface area (Å²) in [6, 6.07) is 9.17. The minimum Gasteiger partial charge on any atom is -0.488 e. The third kappa shape index (κ3) is 2.25. The van der Waals surface area contributed by atoms with Crippen LogP contribution in [0.2, 0.25) is 0 Å². The lowest BCUT2D eigenvalue weighted by molar-refractivity contribution is -0.210. The predicted octanol–water partition coefficient (Wildman–Crippen LogP) is 2.33. The zero-order valence-corrected chi connectivity index (χ0v) is 11.8. The first-order valence-corrected chi connectivity index (χ1v) is 6.54. The third-order valence-electron chi connectivity index (χ3n) is 2.95. The molecule has 0 radical (unpaired) electrons. The molecule has 0 fully saturated rings. The van der Waals surface area contributed by atoms with Gasteiger partial charge in [-0.15, -0.1) is 0 Å². The van der Waals surface area contributed by atoms with Crippen LogP contribution in [0.3, 0.4) is 0 Å². The van der Waals surface area contributed by atoms with E-state index in [1.807, 2.05) is 37.3 Å². The van der Waals surface area contributed by atoms with Crippen LogP contribution in [0.15, 0.2) is 41.9 Å². The molecule has 0 saturated carbocycles. The number of carbonyl (C=O) groups excluding carboxylic acids is 1. The molecule has 1 aliphatic rings. The first-order chi connectivity index (χ1) is 9.69. The summed E-state index contributed by atoms with van der Waals surface area (Å²) in [6.07, 6.45) is 0. The first kappa shape index (κ1) is 14.4. The molecule has 1 unspecified atom stereocenters. The van der Waals surface area contributed by atoms with Crippen LogP contribution in [-0.2, 0) is 29.5 Å². The fourth-order valence-electron chi connectivity index (χ4n) is 2.14. The maximum atomic E-state index is 12.0. The molecular weight excluding hydrogens is 260 g/mol. The fourth-order valence-corrected chi connectivity index (χ4v) is 2.14. The van der Waals surface area contributed by atoms with Crippen LogP contribution in [0.4, 0.5) is 0 Å². The highest BCUT2D eigenvalue weighted by Gasteiger charge is 2.53. The van der Waals surface area contributed by atoms with Crippen molar-refractivity contribution in [3.05, 3.63) is 47.4 Å². The standard InChI is InChI=1S/C15H18O5/c1-4-18-12-13(19-5-2)15(17-3,20-14(12)16)11-9-7-6-8-10-11/h6-10H,4-5H2,1-3H3. The maximum absolute atomic E-state index is 12.0. The largest absolute Gasteiger partial charge is 0.488 e. The van der Waals surface area contributed by atoms with Crippen LogP contribution in [0.5, 0.6) is 0 Å². The van der Waals surface area contributed by atoms with E-state index in [-0.39, 0.29) is 11.5 Å². The molecule has 1 heterocycles. The summed E-state index contributed by atoms with van der Waals surface area (Å²) in [4.78, 5) is 12.0. The van der Waals surface area contributed by atoms with Crippen molar-refractivity contribution in [3.8, 4) is 0 Å². The number of hydrogen-bond donors (Lipinski definition) is 0. The van der Waals surface area contributed by atoms with E-state index in [0.29, 0.717) is 18.8 Å². The number of carbonyl (C=O) groups is 1. The Labute approximate surface area is 118 Å². The van der Waals surface area contributed by atoms with E-state index in [2.05, 4.69) is 0 Å². The Morgan fingerprint density at radius 2 is 1.75 bits per heavy atom. The van der Waals surface area contributed by atoms with Crippen molar-refractivity contribution in [2.45, 2.75) is 19.6 Å². The van der Waals surface area contributed by atoms with Gasteiger partial charge >= 0.3 is 11.8 Å². The summed E-state index contributed by atoms with van der Waals surface area (Å²) in [6.45, 7) is 4.33. The van der Waals surface area contributed by atoms with Crippen molar-refractivity contribution in [2.24, 2.45) is 0 Å². The lowest BCUT2D eigenvalue weighted by atomic mass is 10.0. The second kappa shape index (κ2) is 5.96. The molecule has 0 aliphatic carbocycles. The second-order valence-corrected chi connectivity index (χ2v) is 4.10. The molecule has 1 aromatic carbocycles. The van der Waals surface area contributed by atoms with Gasteiger partial charge in [0.1, 0.15) is 0 Å². The van der Waals surface area contributed by atoms with E-state index in [9.17, 15) is 4.79 Å². The molecule has 5 heteroatoms. The summed E-state index contributed by atoms with van der Waals surface area (Å²) in [5, 5.41) is 0. The van der Waals surface area contributed by atoms with Crippen LogP contribution < -0.4 is 0 Å². The summed E-state index contributed by atoms with van der Waals surface area (Å²) >= 11 is 0. The monoisotopic (exact) mass is 278 g/mol. The number of hydrogen-bond acceptors (Lipinski definition) is 5. The lowest BCUT2D eigenvalue weighted by Gasteiger charge is -2.28. The lowest BCUT2D eigenvalue weighted by Crippen LogP contribution is -2.32. The topological polar surface area (TPSA) is 54.0 Å². The fraction of sp³-hybridized carbons (Fsp3) is 0.400. The van der Waals surface area contributed by atoms with E-state index in [0.717, 1.165) is 0 Å². The minimum absolute atomic E-state index is 0.0695. The molecule has 2 rings (SSSR count). The normalized spacial score (nSPS) is 21.9. The van der Waals surface area contributed by atoms with Gasteiger partial charge in [-0.3, -0.25) is 0 Å². The predicted molar refractivity (Wildman–Crippen MR) is 71.5 cm³/mol.